The van der Waals surface area contributed by atoms with Crippen LogP contribution >= 0.6 is 11.8 Å². The van der Waals surface area contributed by atoms with Crippen molar-refractivity contribution < 1.29 is 27.8 Å². The Kier molecular flexibility index (Phi) is 10.6. The minimum absolute atomic E-state index is 0.226. The van der Waals surface area contributed by atoms with Crippen LogP contribution in [0.5, 0.6) is 0 Å². The van der Waals surface area contributed by atoms with Crippen molar-refractivity contribution in [2.24, 2.45) is 11.8 Å². The largest absolute Gasteiger partial charge is 0.462 e. The fourth-order valence-corrected chi connectivity index (χ4v) is 4.37. The second kappa shape index (κ2) is 12.9. The van der Waals surface area contributed by atoms with Gasteiger partial charge in [0.15, 0.2) is 0 Å². The van der Waals surface area contributed by atoms with Crippen LogP contribution in [-0.4, -0.2) is 30.9 Å². The Hall–Kier alpha value is -2.35. The van der Waals surface area contributed by atoms with Gasteiger partial charge in [-0.2, -0.15) is 8.78 Å². The number of hydrogen-bond acceptors (Lipinski definition) is 6. The van der Waals surface area contributed by atoms with Gasteiger partial charge in [-0.05, 0) is 50.2 Å². The molecule has 1 heterocycles. The fourth-order valence-electron chi connectivity index (χ4n) is 3.70. The Morgan fingerprint density at radius 2 is 1.38 bits per heavy atom. The molecule has 0 atom stereocenters. The second-order valence-corrected chi connectivity index (χ2v) is 10.2. The topological polar surface area (TPSA) is 64.6 Å². The molecule has 5 nitrogen and oxygen atoms in total. The third-order valence-electron chi connectivity index (χ3n) is 5.50. The number of allylic oxidation sites excluding steroid dienone is 2. The first-order valence-electron chi connectivity index (χ1n) is 11.6. The second-order valence-electron chi connectivity index (χ2n) is 9.19. The first-order chi connectivity index (χ1) is 16.0. The van der Waals surface area contributed by atoms with Crippen LogP contribution in [-0.2, 0) is 19.1 Å². The molecular formula is C26H35F2NO4S. The van der Waals surface area contributed by atoms with Gasteiger partial charge in [0, 0.05) is 16.3 Å². The summed E-state index contributed by atoms with van der Waals surface area (Å²) in [5, 5.41) is 3.10. The number of hydrogen-bond donors (Lipinski definition) is 1. The maximum atomic E-state index is 13.4. The van der Waals surface area contributed by atoms with Gasteiger partial charge in [-0.1, -0.05) is 57.7 Å². The normalized spacial score (nSPS) is 14.8. The van der Waals surface area contributed by atoms with Gasteiger partial charge >= 0.3 is 11.9 Å². The van der Waals surface area contributed by atoms with E-state index in [0.29, 0.717) is 58.3 Å². The molecule has 188 valence electrons. The Morgan fingerprint density at radius 3 is 1.82 bits per heavy atom. The summed E-state index contributed by atoms with van der Waals surface area (Å²) in [5.41, 5.74) is 1.94. The van der Waals surface area contributed by atoms with Gasteiger partial charge in [-0.25, -0.2) is 9.59 Å². The monoisotopic (exact) mass is 495 g/mol. The van der Waals surface area contributed by atoms with Crippen LogP contribution in [0.2, 0.25) is 0 Å². The van der Waals surface area contributed by atoms with E-state index in [4.69, 9.17) is 9.47 Å². The molecule has 1 aromatic carbocycles. The molecule has 0 fully saturated rings. The van der Waals surface area contributed by atoms with Gasteiger partial charge in [0.25, 0.3) is 5.76 Å². The number of alkyl halides is 2. The van der Waals surface area contributed by atoms with Crippen molar-refractivity contribution in [3.63, 3.8) is 0 Å². The van der Waals surface area contributed by atoms with E-state index in [2.05, 4.69) is 5.32 Å². The van der Waals surface area contributed by atoms with Crippen LogP contribution in [0.25, 0.3) is 0 Å². The highest BCUT2D eigenvalue weighted by Gasteiger charge is 2.39. The van der Waals surface area contributed by atoms with E-state index in [-0.39, 0.29) is 24.4 Å². The molecular weight excluding hydrogens is 460 g/mol. The number of carbonyl (C=O) groups excluding carboxylic acids is 2. The molecule has 0 aromatic heterocycles. The molecule has 0 amide bonds. The lowest BCUT2D eigenvalue weighted by atomic mass is 9.80. The molecule has 2 rings (SSSR count). The van der Waals surface area contributed by atoms with Crippen molar-refractivity contribution in [3.05, 3.63) is 52.4 Å². The van der Waals surface area contributed by atoms with Gasteiger partial charge < -0.3 is 14.8 Å². The number of nitrogens with one attached hydrogen (secondary N) is 1. The van der Waals surface area contributed by atoms with E-state index in [0.717, 1.165) is 0 Å². The molecule has 0 saturated heterocycles. The molecule has 1 aliphatic rings. The van der Waals surface area contributed by atoms with Gasteiger partial charge in [0.05, 0.1) is 30.3 Å². The summed E-state index contributed by atoms with van der Waals surface area (Å²) in [6.07, 6.45) is 1.37. The quantitative estimate of drug-likeness (QED) is 0.283. The molecule has 34 heavy (non-hydrogen) atoms. The van der Waals surface area contributed by atoms with Crippen molar-refractivity contribution in [1.82, 2.24) is 5.32 Å². The molecule has 0 unspecified atom stereocenters. The molecule has 0 saturated carbocycles. The summed E-state index contributed by atoms with van der Waals surface area (Å²) >= 11 is 0.389. The van der Waals surface area contributed by atoms with Crippen molar-refractivity contribution in [3.8, 4) is 0 Å². The lowest BCUT2D eigenvalue weighted by molar-refractivity contribution is -0.140. The van der Waals surface area contributed by atoms with Crippen LogP contribution in [0.3, 0.4) is 0 Å². The number of thioether (sulfide) groups is 1. The third kappa shape index (κ3) is 7.58. The minimum atomic E-state index is -2.65. The number of halogens is 2. The van der Waals surface area contributed by atoms with Crippen molar-refractivity contribution in [1.29, 1.82) is 0 Å². The Balaban J connectivity index is 2.54. The smallest absolute Gasteiger partial charge is 0.336 e. The molecule has 1 N–H and O–H groups in total. The molecule has 0 bridgehead atoms. The van der Waals surface area contributed by atoms with Crippen LogP contribution in [0, 0.1) is 11.8 Å². The molecule has 0 spiro atoms. The number of ether oxygens (including phenoxy) is 2. The van der Waals surface area contributed by atoms with E-state index < -0.39 is 23.6 Å². The number of esters is 2. The van der Waals surface area contributed by atoms with Gasteiger partial charge in [-0.3, -0.25) is 0 Å². The third-order valence-corrected chi connectivity index (χ3v) is 6.31. The van der Waals surface area contributed by atoms with Gasteiger partial charge in [-0.15, -0.1) is 0 Å². The van der Waals surface area contributed by atoms with Gasteiger partial charge in [0.1, 0.15) is 0 Å². The van der Waals surface area contributed by atoms with Crippen LogP contribution in [0.15, 0.2) is 51.7 Å². The van der Waals surface area contributed by atoms with Gasteiger partial charge in [0.2, 0.25) is 0 Å². The lowest BCUT2D eigenvalue weighted by Crippen LogP contribution is -2.33. The summed E-state index contributed by atoms with van der Waals surface area (Å²) < 4.78 is 37.8. The molecule has 8 heteroatoms. The molecule has 0 aliphatic carbocycles. The zero-order valence-corrected chi connectivity index (χ0v) is 21.6. The van der Waals surface area contributed by atoms with Crippen molar-refractivity contribution >= 4 is 23.7 Å². The highest BCUT2D eigenvalue weighted by atomic mass is 32.2. The summed E-state index contributed by atoms with van der Waals surface area (Å²) in [6.45, 7) is 12.0. The summed E-state index contributed by atoms with van der Waals surface area (Å²) in [7, 11) is 0. The summed E-state index contributed by atoms with van der Waals surface area (Å²) in [4.78, 5) is 26.8. The zero-order chi connectivity index (χ0) is 25.4. The van der Waals surface area contributed by atoms with Crippen molar-refractivity contribution in [2.45, 2.75) is 71.0 Å². The number of carbonyl (C=O) groups is 2. The highest BCUT2D eigenvalue weighted by Crippen LogP contribution is 2.43. The molecule has 1 aromatic rings. The standard InChI is InChI=1S/C26H35F2NO4S/c1-15(2)11-13-32-24(30)21-17(5)29-18(6)22(25(31)33-14-12-16(3)4)23(21)19-9-7-8-10-20(19)34-26(27)28/h7-10,15-16,23,26,29H,11-14H2,1-6H3. The summed E-state index contributed by atoms with van der Waals surface area (Å²) in [5.74, 6) is -4.00. The first kappa shape index (κ1) is 27.9. The Bertz CT molecular complexity index is 892. The van der Waals surface area contributed by atoms with E-state index in [1.54, 1.807) is 38.1 Å². The minimum Gasteiger partial charge on any atom is -0.462 e. The van der Waals surface area contributed by atoms with E-state index in [9.17, 15) is 18.4 Å². The van der Waals surface area contributed by atoms with Crippen LogP contribution in [0.1, 0.15) is 65.9 Å². The summed E-state index contributed by atoms with van der Waals surface area (Å²) in [6, 6.07) is 6.61. The van der Waals surface area contributed by atoms with E-state index >= 15 is 0 Å². The zero-order valence-electron chi connectivity index (χ0n) is 20.7. The predicted octanol–water partition coefficient (Wildman–Crippen LogP) is 6.41. The van der Waals surface area contributed by atoms with E-state index in [1.807, 2.05) is 27.7 Å². The molecule has 0 radical (unpaired) electrons. The number of benzene rings is 1. The molecule has 1 aliphatic heterocycles. The Morgan fingerprint density at radius 1 is 0.912 bits per heavy atom. The fraction of sp³-hybridized carbons (Fsp3) is 0.538. The first-order valence-corrected chi connectivity index (χ1v) is 12.5. The van der Waals surface area contributed by atoms with Crippen molar-refractivity contribution in [2.75, 3.05) is 13.2 Å². The average Bonchev–Trinajstić information content (AvgIpc) is 2.72. The Labute approximate surface area is 205 Å². The SMILES string of the molecule is CC1=C(C(=O)OCCC(C)C)C(c2ccccc2SC(F)F)C(C(=O)OCCC(C)C)=C(C)N1. The predicted molar refractivity (Wildman–Crippen MR) is 130 cm³/mol. The maximum Gasteiger partial charge on any atom is 0.336 e. The maximum absolute atomic E-state index is 13.4. The van der Waals surface area contributed by atoms with E-state index in [1.165, 1.54) is 0 Å². The highest BCUT2D eigenvalue weighted by molar-refractivity contribution is 7.99. The van der Waals surface area contributed by atoms with Crippen LogP contribution < -0.4 is 5.32 Å². The lowest BCUT2D eigenvalue weighted by Gasteiger charge is -2.31. The number of dihydropyridines is 1. The average molecular weight is 496 g/mol. The number of rotatable bonds is 11. The van der Waals surface area contributed by atoms with Crippen LogP contribution in [0.4, 0.5) is 8.78 Å².